The zero-order valence-corrected chi connectivity index (χ0v) is 13.8. The molecule has 0 aliphatic carbocycles. The Balaban J connectivity index is 1.83. The number of hydrogen-bond donors (Lipinski definition) is 3. The molecule has 0 atom stereocenters. The summed E-state index contributed by atoms with van der Waals surface area (Å²) < 4.78 is 15.8. The topological polar surface area (TPSA) is 127 Å². The number of hydrogen-bond acceptors (Lipinski definition) is 8. The monoisotopic (exact) mass is 344 g/mol. The van der Waals surface area contributed by atoms with Crippen molar-refractivity contribution in [1.82, 2.24) is 19.9 Å². The Bertz CT molecular complexity index is 953. The SMILES string of the molecule is COc1cc(C=NNc2nc3nc[nH]c(=O)c3[nH]2)cc(OC)c1OC. The molecule has 0 radical (unpaired) electrons. The molecule has 0 fully saturated rings. The third-order valence-corrected chi connectivity index (χ3v) is 3.37. The fraction of sp³-hybridized carbons (Fsp3) is 0.200. The van der Waals surface area contributed by atoms with Crippen molar-refractivity contribution in [2.24, 2.45) is 5.10 Å². The zero-order chi connectivity index (χ0) is 17.8. The summed E-state index contributed by atoms with van der Waals surface area (Å²) in [5, 5.41) is 4.08. The highest BCUT2D eigenvalue weighted by Crippen LogP contribution is 2.37. The first-order chi connectivity index (χ1) is 12.2. The average molecular weight is 344 g/mol. The zero-order valence-electron chi connectivity index (χ0n) is 13.8. The van der Waals surface area contributed by atoms with Gasteiger partial charge in [0, 0.05) is 5.56 Å². The van der Waals surface area contributed by atoms with Crippen molar-refractivity contribution in [2.75, 3.05) is 26.8 Å². The Labute approximate surface area is 141 Å². The van der Waals surface area contributed by atoms with E-state index in [1.165, 1.54) is 27.7 Å². The third-order valence-electron chi connectivity index (χ3n) is 3.37. The second-order valence-corrected chi connectivity index (χ2v) is 4.84. The molecule has 130 valence electrons. The summed E-state index contributed by atoms with van der Waals surface area (Å²) in [6.45, 7) is 0. The third kappa shape index (κ3) is 3.22. The van der Waals surface area contributed by atoms with Crippen LogP contribution in [0.25, 0.3) is 11.2 Å². The van der Waals surface area contributed by atoms with Crippen LogP contribution in [0.3, 0.4) is 0 Å². The van der Waals surface area contributed by atoms with Crippen molar-refractivity contribution in [3.8, 4) is 17.2 Å². The van der Waals surface area contributed by atoms with Gasteiger partial charge in [-0.05, 0) is 12.1 Å². The number of rotatable bonds is 6. The van der Waals surface area contributed by atoms with Crippen LogP contribution in [0, 0.1) is 0 Å². The Morgan fingerprint density at radius 2 is 1.88 bits per heavy atom. The summed E-state index contributed by atoms with van der Waals surface area (Å²) in [7, 11) is 4.61. The highest BCUT2D eigenvalue weighted by Gasteiger charge is 2.12. The lowest BCUT2D eigenvalue weighted by Gasteiger charge is -2.12. The first-order valence-corrected chi connectivity index (χ1v) is 7.18. The van der Waals surface area contributed by atoms with Crippen molar-refractivity contribution in [2.45, 2.75) is 0 Å². The molecule has 0 saturated carbocycles. The molecule has 3 rings (SSSR count). The van der Waals surface area contributed by atoms with Crippen LogP contribution in [0.15, 0.2) is 28.4 Å². The number of benzene rings is 1. The van der Waals surface area contributed by atoms with Gasteiger partial charge in [0.05, 0.1) is 33.9 Å². The van der Waals surface area contributed by atoms with Crippen LogP contribution in [0.1, 0.15) is 5.56 Å². The minimum absolute atomic E-state index is 0.271. The molecule has 10 heteroatoms. The van der Waals surface area contributed by atoms with Crippen LogP contribution in [0.4, 0.5) is 5.95 Å². The van der Waals surface area contributed by atoms with Crippen LogP contribution in [0.2, 0.25) is 0 Å². The minimum atomic E-state index is -0.306. The maximum absolute atomic E-state index is 11.6. The number of aromatic amines is 2. The molecule has 3 aromatic rings. The van der Waals surface area contributed by atoms with Gasteiger partial charge in [0.2, 0.25) is 11.7 Å². The molecule has 0 spiro atoms. The van der Waals surface area contributed by atoms with Gasteiger partial charge in [-0.2, -0.15) is 10.1 Å². The van der Waals surface area contributed by atoms with Crippen molar-refractivity contribution >= 4 is 23.3 Å². The van der Waals surface area contributed by atoms with Gasteiger partial charge in [0.1, 0.15) is 0 Å². The molecule has 2 heterocycles. The first kappa shape index (κ1) is 16.3. The Morgan fingerprint density at radius 1 is 1.16 bits per heavy atom. The van der Waals surface area contributed by atoms with Crippen molar-refractivity contribution in [1.29, 1.82) is 0 Å². The molecule has 2 aromatic heterocycles. The van der Waals surface area contributed by atoms with Gasteiger partial charge >= 0.3 is 0 Å². The first-order valence-electron chi connectivity index (χ1n) is 7.18. The summed E-state index contributed by atoms with van der Waals surface area (Å²) in [4.78, 5) is 25.0. The molecule has 0 aliphatic heterocycles. The predicted octanol–water partition coefficient (Wildman–Crippen LogP) is 1.12. The molecule has 0 bridgehead atoms. The number of nitrogens with zero attached hydrogens (tertiary/aromatic N) is 3. The lowest BCUT2D eigenvalue weighted by atomic mass is 10.2. The van der Waals surface area contributed by atoms with Crippen molar-refractivity contribution < 1.29 is 14.2 Å². The molecule has 10 nitrogen and oxygen atoms in total. The maximum atomic E-state index is 11.6. The van der Waals surface area contributed by atoms with E-state index in [1.807, 2.05) is 0 Å². The predicted molar refractivity (Wildman–Crippen MR) is 91.8 cm³/mol. The smallest absolute Gasteiger partial charge is 0.276 e. The average Bonchev–Trinajstić information content (AvgIpc) is 3.05. The summed E-state index contributed by atoms with van der Waals surface area (Å²) in [6, 6.07) is 3.49. The Kier molecular flexibility index (Phi) is 4.50. The van der Waals surface area contributed by atoms with Crippen molar-refractivity contribution in [3.63, 3.8) is 0 Å². The molecule has 0 amide bonds. The van der Waals surface area contributed by atoms with Gasteiger partial charge in [-0.1, -0.05) is 0 Å². The maximum Gasteiger partial charge on any atom is 0.276 e. The van der Waals surface area contributed by atoms with Gasteiger partial charge in [-0.25, -0.2) is 10.4 Å². The van der Waals surface area contributed by atoms with Crippen LogP contribution in [0.5, 0.6) is 17.2 Å². The molecule has 1 aromatic carbocycles. The molecule has 0 unspecified atom stereocenters. The Morgan fingerprint density at radius 3 is 2.48 bits per heavy atom. The van der Waals surface area contributed by atoms with Gasteiger partial charge in [-0.3, -0.25) is 4.79 Å². The van der Waals surface area contributed by atoms with E-state index in [-0.39, 0.29) is 11.1 Å². The number of aromatic nitrogens is 4. The summed E-state index contributed by atoms with van der Waals surface area (Å²) in [6.07, 6.45) is 2.84. The molecule has 0 saturated heterocycles. The van der Waals surface area contributed by atoms with E-state index >= 15 is 0 Å². The minimum Gasteiger partial charge on any atom is -0.493 e. The van der Waals surface area contributed by atoms with E-state index in [9.17, 15) is 4.79 Å². The van der Waals surface area contributed by atoms with E-state index < -0.39 is 0 Å². The quantitative estimate of drug-likeness (QED) is 0.452. The van der Waals surface area contributed by atoms with Gasteiger partial charge in [0.25, 0.3) is 5.56 Å². The Hall–Kier alpha value is -3.56. The number of nitrogens with one attached hydrogen (secondary N) is 3. The van der Waals surface area contributed by atoms with Gasteiger partial charge in [0.15, 0.2) is 22.7 Å². The van der Waals surface area contributed by atoms with E-state index in [0.29, 0.717) is 34.4 Å². The number of imidazole rings is 1. The lowest BCUT2D eigenvalue weighted by molar-refractivity contribution is 0.324. The number of ether oxygens (including phenoxy) is 3. The van der Waals surface area contributed by atoms with Crippen molar-refractivity contribution in [3.05, 3.63) is 34.4 Å². The van der Waals surface area contributed by atoms with E-state index in [0.717, 1.165) is 0 Å². The number of anilines is 1. The number of methoxy groups -OCH3 is 3. The summed E-state index contributed by atoms with van der Waals surface area (Å²) >= 11 is 0. The van der Waals surface area contributed by atoms with E-state index in [4.69, 9.17) is 14.2 Å². The van der Waals surface area contributed by atoms with Gasteiger partial charge in [-0.15, -0.1) is 0 Å². The fourth-order valence-electron chi connectivity index (χ4n) is 2.24. The second-order valence-electron chi connectivity index (χ2n) is 4.84. The highest BCUT2D eigenvalue weighted by molar-refractivity contribution is 5.83. The summed E-state index contributed by atoms with van der Waals surface area (Å²) in [5.41, 5.74) is 3.69. The molecular weight excluding hydrogens is 328 g/mol. The normalized spacial score (nSPS) is 11.0. The second kappa shape index (κ2) is 6.91. The number of hydrazone groups is 1. The molecule has 0 aliphatic rings. The number of H-pyrrole nitrogens is 2. The molecule has 3 N–H and O–H groups in total. The lowest BCUT2D eigenvalue weighted by Crippen LogP contribution is -2.05. The van der Waals surface area contributed by atoms with E-state index in [2.05, 4.69) is 30.5 Å². The van der Waals surface area contributed by atoms with Crippen LogP contribution in [-0.2, 0) is 0 Å². The van der Waals surface area contributed by atoms with E-state index in [1.54, 1.807) is 18.3 Å². The largest absolute Gasteiger partial charge is 0.493 e. The fourth-order valence-corrected chi connectivity index (χ4v) is 2.24. The number of fused-ring (bicyclic) bond motifs is 1. The molecular formula is C15H16N6O4. The summed E-state index contributed by atoms with van der Waals surface area (Å²) in [5.74, 6) is 1.83. The van der Waals surface area contributed by atoms with Crippen LogP contribution in [-0.4, -0.2) is 47.5 Å². The van der Waals surface area contributed by atoms with Crippen LogP contribution < -0.4 is 25.2 Å². The highest BCUT2D eigenvalue weighted by atomic mass is 16.5. The molecule has 25 heavy (non-hydrogen) atoms. The van der Waals surface area contributed by atoms with Crippen LogP contribution >= 0.6 is 0 Å². The standard InChI is InChI=1S/C15H16N6O4/c1-23-9-4-8(5-10(24-2)12(9)25-3)6-18-21-15-19-11-13(20-15)16-7-17-14(11)22/h4-7H,1-3H3,(H3,16,17,19,20,21,22). The van der Waals surface area contributed by atoms with Gasteiger partial charge < -0.3 is 24.2 Å².